The number of hydrogen-bond acceptors (Lipinski definition) is 5. The van der Waals surface area contributed by atoms with Gasteiger partial charge in [0.1, 0.15) is 5.01 Å². The van der Waals surface area contributed by atoms with Crippen LogP contribution < -0.4 is 5.32 Å². The molecular weight excluding hydrogens is 304 g/mol. The largest absolute Gasteiger partial charge is 0.314 e. The van der Waals surface area contributed by atoms with Gasteiger partial charge in [0.15, 0.2) is 0 Å². The zero-order valence-electron chi connectivity index (χ0n) is 13.4. The van der Waals surface area contributed by atoms with Gasteiger partial charge in [0.05, 0.1) is 5.69 Å². The molecule has 0 aliphatic carbocycles. The van der Waals surface area contributed by atoms with Gasteiger partial charge in [-0.25, -0.2) is 4.98 Å². The molecule has 4 nitrogen and oxygen atoms in total. The van der Waals surface area contributed by atoms with Crippen LogP contribution in [0.25, 0.3) is 10.6 Å². The quantitative estimate of drug-likeness (QED) is 0.933. The van der Waals surface area contributed by atoms with Gasteiger partial charge in [0.2, 0.25) is 0 Å². The van der Waals surface area contributed by atoms with Gasteiger partial charge in [-0.1, -0.05) is 30.3 Å². The summed E-state index contributed by atoms with van der Waals surface area (Å²) in [7, 11) is 0. The summed E-state index contributed by atoms with van der Waals surface area (Å²) in [6.45, 7) is 8.07. The molecule has 1 aromatic heterocycles. The van der Waals surface area contributed by atoms with E-state index in [0.717, 1.165) is 30.7 Å². The van der Waals surface area contributed by atoms with Crippen LogP contribution in [0.4, 0.5) is 0 Å². The molecule has 1 N–H and O–H groups in total. The third kappa shape index (κ3) is 3.63. The molecule has 4 rings (SSSR count). The van der Waals surface area contributed by atoms with E-state index in [9.17, 15) is 0 Å². The molecule has 1 atom stereocenters. The fourth-order valence-corrected chi connectivity index (χ4v) is 4.44. The summed E-state index contributed by atoms with van der Waals surface area (Å²) in [5.74, 6) is 0. The van der Waals surface area contributed by atoms with Gasteiger partial charge in [-0.3, -0.25) is 9.80 Å². The van der Waals surface area contributed by atoms with Crippen LogP contribution in [0.3, 0.4) is 0 Å². The van der Waals surface area contributed by atoms with E-state index in [4.69, 9.17) is 4.98 Å². The number of hydrogen-bond donors (Lipinski definition) is 1. The third-order valence-corrected chi connectivity index (χ3v) is 5.81. The van der Waals surface area contributed by atoms with Crippen LogP contribution in [0.2, 0.25) is 0 Å². The van der Waals surface area contributed by atoms with Crippen LogP contribution >= 0.6 is 11.3 Å². The van der Waals surface area contributed by atoms with Gasteiger partial charge in [-0.05, 0) is 6.42 Å². The van der Waals surface area contributed by atoms with Gasteiger partial charge < -0.3 is 5.32 Å². The van der Waals surface area contributed by atoms with Crippen molar-refractivity contribution in [3.05, 3.63) is 41.4 Å². The molecule has 0 amide bonds. The van der Waals surface area contributed by atoms with Crippen molar-refractivity contribution in [2.24, 2.45) is 0 Å². The van der Waals surface area contributed by atoms with E-state index in [1.54, 1.807) is 11.3 Å². The number of thiazole rings is 1. The highest BCUT2D eigenvalue weighted by molar-refractivity contribution is 7.13. The van der Waals surface area contributed by atoms with Crippen molar-refractivity contribution in [2.75, 3.05) is 39.3 Å². The van der Waals surface area contributed by atoms with Gasteiger partial charge >= 0.3 is 0 Å². The van der Waals surface area contributed by atoms with Gasteiger partial charge in [0, 0.05) is 62.8 Å². The fraction of sp³-hybridized carbons (Fsp3) is 0.500. The second-order valence-corrected chi connectivity index (χ2v) is 7.33. The summed E-state index contributed by atoms with van der Waals surface area (Å²) in [6.07, 6.45) is 1.30. The maximum absolute atomic E-state index is 4.83. The Hall–Kier alpha value is -1.27. The van der Waals surface area contributed by atoms with Crippen LogP contribution in [-0.2, 0) is 6.54 Å². The predicted octanol–water partition coefficient (Wildman–Crippen LogP) is 2.29. The lowest BCUT2D eigenvalue weighted by Crippen LogP contribution is -2.49. The molecule has 1 unspecified atom stereocenters. The summed E-state index contributed by atoms with van der Waals surface area (Å²) >= 11 is 1.76. The fourth-order valence-electron chi connectivity index (χ4n) is 3.62. The zero-order valence-corrected chi connectivity index (χ0v) is 14.3. The lowest BCUT2D eigenvalue weighted by atomic mass is 10.2. The zero-order chi connectivity index (χ0) is 15.5. The summed E-state index contributed by atoms with van der Waals surface area (Å²) in [5, 5.41) is 6.80. The first-order valence-electron chi connectivity index (χ1n) is 8.55. The summed E-state index contributed by atoms with van der Waals surface area (Å²) < 4.78 is 0. The molecule has 0 bridgehead atoms. The Labute approximate surface area is 142 Å². The summed E-state index contributed by atoms with van der Waals surface area (Å²) in [6, 6.07) is 11.2. The maximum Gasteiger partial charge on any atom is 0.123 e. The van der Waals surface area contributed by atoms with Crippen molar-refractivity contribution in [2.45, 2.75) is 19.0 Å². The van der Waals surface area contributed by atoms with Gasteiger partial charge in [0.25, 0.3) is 0 Å². The Morgan fingerprint density at radius 2 is 1.96 bits per heavy atom. The molecular formula is C18H24N4S. The standard InChI is InChI=1S/C18H24N4S/c1-2-4-15(5-3-1)18-20-16(14-23-18)12-21-9-6-17(13-21)22-10-7-19-8-11-22/h1-5,14,17,19H,6-13H2. The number of nitrogens with zero attached hydrogens (tertiary/aromatic N) is 3. The Morgan fingerprint density at radius 3 is 2.78 bits per heavy atom. The van der Waals surface area contributed by atoms with Gasteiger partial charge in [-0.2, -0.15) is 0 Å². The van der Waals surface area contributed by atoms with Crippen molar-refractivity contribution in [3.63, 3.8) is 0 Å². The molecule has 2 aliphatic rings. The number of likely N-dealkylation sites (tertiary alicyclic amines) is 1. The number of piperazine rings is 1. The van der Waals surface area contributed by atoms with Crippen LogP contribution in [-0.4, -0.2) is 60.1 Å². The Kier molecular flexibility index (Phi) is 4.71. The number of nitrogens with one attached hydrogen (secondary N) is 1. The molecule has 0 radical (unpaired) electrons. The van der Waals surface area contributed by atoms with E-state index < -0.39 is 0 Å². The second-order valence-electron chi connectivity index (χ2n) is 6.47. The highest BCUT2D eigenvalue weighted by Gasteiger charge is 2.28. The minimum atomic E-state index is 0.740. The minimum absolute atomic E-state index is 0.740. The van der Waals surface area contributed by atoms with E-state index in [1.165, 1.54) is 43.9 Å². The van der Waals surface area contributed by atoms with Crippen molar-refractivity contribution < 1.29 is 0 Å². The normalized spacial score (nSPS) is 23.4. The topological polar surface area (TPSA) is 31.4 Å². The lowest BCUT2D eigenvalue weighted by Gasteiger charge is -2.32. The molecule has 1 aromatic carbocycles. The molecule has 23 heavy (non-hydrogen) atoms. The molecule has 2 fully saturated rings. The van der Waals surface area contributed by atoms with E-state index in [2.05, 4.69) is 50.8 Å². The third-order valence-electron chi connectivity index (χ3n) is 4.87. The second kappa shape index (κ2) is 7.09. The molecule has 2 saturated heterocycles. The minimum Gasteiger partial charge on any atom is -0.314 e. The lowest BCUT2D eigenvalue weighted by molar-refractivity contribution is 0.170. The van der Waals surface area contributed by atoms with Crippen LogP contribution in [0.15, 0.2) is 35.7 Å². The summed E-state index contributed by atoms with van der Waals surface area (Å²) in [5.41, 5.74) is 2.44. The average Bonchev–Trinajstić information content (AvgIpc) is 3.27. The SMILES string of the molecule is c1ccc(-c2nc(CN3CCC(N4CCNCC4)C3)cs2)cc1. The van der Waals surface area contributed by atoms with Crippen LogP contribution in [0, 0.1) is 0 Å². The highest BCUT2D eigenvalue weighted by atomic mass is 32.1. The number of aromatic nitrogens is 1. The van der Waals surface area contributed by atoms with Crippen LogP contribution in [0.1, 0.15) is 12.1 Å². The molecule has 0 spiro atoms. The number of benzene rings is 1. The smallest absolute Gasteiger partial charge is 0.123 e. The summed E-state index contributed by atoms with van der Waals surface area (Å²) in [4.78, 5) is 10.1. The van der Waals surface area contributed by atoms with Gasteiger partial charge in [-0.15, -0.1) is 11.3 Å². The van der Waals surface area contributed by atoms with E-state index in [0.29, 0.717) is 0 Å². The predicted molar refractivity (Wildman–Crippen MR) is 95.7 cm³/mol. The monoisotopic (exact) mass is 328 g/mol. The maximum atomic E-state index is 4.83. The van der Waals surface area contributed by atoms with Crippen molar-refractivity contribution in [3.8, 4) is 10.6 Å². The molecule has 5 heteroatoms. The van der Waals surface area contributed by atoms with E-state index in [-0.39, 0.29) is 0 Å². The van der Waals surface area contributed by atoms with E-state index in [1.807, 2.05) is 0 Å². The first-order valence-corrected chi connectivity index (χ1v) is 9.43. The van der Waals surface area contributed by atoms with Crippen LogP contribution in [0.5, 0.6) is 0 Å². The first-order chi connectivity index (χ1) is 11.4. The van der Waals surface area contributed by atoms with Crippen molar-refractivity contribution >= 4 is 11.3 Å². The first kappa shape index (κ1) is 15.3. The van der Waals surface area contributed by atoms with Crippen molar-refractivity contribution in [1.82, 2.24) is 20.1 Å². The molecule has 2 aliphatic heterocycles. The Morgan fingerprint density at radius 1 is 1.13 bits per heavy atom. The average molecular weight is 328 g/mol. The van der Waals surface area contributed by atoms with Crippen molar-refractivity contribution in [1.29, 1.82) is 0 Å². The number of rotatable bonds is 4. The Bertz CT molecular complexity index is 621. The molecule has 2 aromatic rings. The Balaban J connectivity index is 1.35. The molecule has 0 saturated carbocycles. The molecule has 122 valence electrons. The molecule has 3 heterocycles. The highest BCUT2D eigenvalue weighted by Crippen LogP contribution is 2.25. The van der Waals surface area contributed by atoms with E-state index >= 15 is 0 Å².